The van der Waals surface area contributed by atoms with E-state index in [2.05, 4.69) is 12.2 Å². The first kappa shape index (κ1) is 16.0. The molecule has 116 valence electrons. The first-order valence-corrected chi connectivity index (χ1v) is 8.88. The van der Waals surface area contributed by atoms with Crippen molar-refractivity contribution in [3.63, 3.8) is 0 Å². The molecule has 0 aromatic heterocycles. The van der Waals surface area contributed by atoms with Crippen LogP contribution in [0.4, 0.5) is 0 Å². The molecule has 1 saturated carbocycles. The predicted octanol–water partition coefficient (Wildman–Crippen LogP) is 1.81. The number of sulfonamides is 1. The Hall–Kier alpha value is -1.40. The summed E-state index contributed by atoms with van der Waals surface area (Å²) in [6, 6.07) is 4.70. The lowest BCUT2D eigenvalue weighted by Crippen LogP contribution is -2.28. The van der Waals surface area contributed by atoms with E-state index in [-0.39, 0.29) is 16.8 Å². The van der Waals surface area contributed by atoms with Crippen molar-refractivity contribution in [2.45, 2.75) is 50.5 Å². The van der Waals surface area contributed by atoms with E-state index < -0.39 is 10.0 Å². The molecule has 6 heteroatoms. The van der Waals surface area contributed by atoms with E-state index in [1.54, 1.807) is 6.07 Å². The largest absolute Gasteiger partial charge is 0.349 e. The number of nitrogens with two attached hydrogens (primary N) is 1. The highest BCUT2D eigenvalue weighted by molar-refractivity contribution is 7.89. The van der Waals surface area contributed by atoms with Crippen LogP contribution in [-0.4, -0.2) is 20.4 Å². The molecule has 0 aliphatic heterocycles. The summed E-state index contributed by atoms with van der Waals surface area (Å²) < 4.78 is 22.9. The van der Waals surface area contributed by atoms with Gasteiger partial charge in [-0.2, -0.15) is 0 Å². The highest BCUT2D eigenvalue weighted by Gasteiger charge is 2.37. The van der Waals surface area contributed by atoms with Gasteiger partial charge in [-0.05, 0) is 42.9 Å². The molecule has 0 radical (unpaired) electrons. The zero-order valence-corrected chi connectivity index (χ0v) is 13.2. The topological polar surface area (TPSA) is 89.3 Å². The molecule has 0 bridgehead atoms. The summed E-state index contributed by atoms with van der Waals surface area (Å²) in [6.07, 6.45) is 3.90. The highest BCUT2D eigenvalue weighted by Crippen LogP contribution is 2.34. The Morgan fingerprint density at radius 3 is 2.67 bits per heavy atom. The van der Waals surface area contributed by atoms with Gasteiger partial charge in [0.15, 0.2) is 0 Å². The van der Waals surface area contributed by atoms with Gasteiger partial charge in [-0.25, -0.2) is 13.6 Å². The van der Waals surface area contributed by atoms with Gasteiger partial charge in [-0.15, -0.1) is 0 Å². The molecule has 2 unspecified atom stereocenters. The van der Waals surface area contributed by atoms with Crippen LogP contribution in [0.3, 0.4) is 0 Å². The van der Waals surface area contributed by atoms with Crippen LogP contribution in [0.1, 0.15) is 49.0 Å². The molecule has 0 spiro atoms. The van der Waals surface area contributed by atoms with Crippen LogP contribution in [-0.2, 0) is 16.4 Å². The van der Waals surface area contributed by atoms with Crippen LogP contribution in [0.2, 0.25) is 0 Å². The number of hydrogen-bond acceptors (Lipinski definition) is 3. The third kappa shape index (κ3) is 3.83. The zero-order chi connectivity index (χ0) is 15.6. The second-order valence-electron chi connectivity index (χ2n) is 5.58. The van der Waals surface area contributed by atoms with Crippen molar-refractivity contribution < 1.29 is 13.2 Å². The van der Waals surface area contributed by atoms with Gasteiger partial charge in [0.2, 0.25) is 10.0 Å². The van der Waals surface area contributed by atoms with E-state index in [0.717, 1.165) is 24.8 Å². The first-order chi connectivity index (χ1) is 9.86. The summed E-state index contributed by atoms with van der Waals surface area (Å²) in [5.74, 6) is 0.353. The number of hydrogen-bond donors (Lipinski definition) is 2. The number of nitrogens with one attached hydrogen (secondary N) is 1. The standard InChI is InChI=1S/C15H22N2O3S/c1-3-5-11-8-14(11)17-15(18)13-9-12(21(16,19)20)7-6-10(13)4-2/h6-7,9,11,14H,3-5,8H2,1-2H3,(H,17,18)(H2,16,19,20). The van der Waals surface area contributed by atoms with Crippen LogP contribution >= 0.6 is 0 Å². The summed E-state index contributed by atoms with van der Waals surface area (Å²) in [5, 5.41) is 8.12. The summed E-state index contributed by atoms with van der Waals surface area (Å²) in [5.41, 5.74) is 1.23. The van der Waals surface area contributed by atoms with E-state index in [4.69, 9.17) is 5.14 Å². The molecule has 1 aromatic rings. The number of primary sulfonamides is 1. The van der Waals surface area contributed by atoms with Crippen molar-refractivity contribution >= 4 is 15.9 Å². The smallest absolute Gasteiger partial charge is 0.251 e. The second kappa shape index (κ2) is 6.15. The highest BCUT2D eigenvalue weighted by atomic mass is 32.2. The molecule has 1 aliphatic carbocycles. The Bertz CT molecular complexity index is 640. The molecule has 21 heavy (non-hydrogen) atoms. The molecule has 1 aromatic carbocycles. The molecule has 2 rings (SSSR count). The average molecular weight is 310 g/mol. The molecule has 2 atom stereocenters. The molecule has 0 saturated heterocycles. The fourth-order valence-electron chi connectivity index (χ4n) is 2.61. The van der Waals surface area contributed by atoms with Crippen molar-refractivity contribution in [2.75, 3.05) is 0 Å². The number of rotatable bonds is 6. The lowest BCUT2D eigenvalue weighted by atomic mass is 10.0. The van der Waals surface area contributed by atoms with Crippen LogP contribution in [0.5, 0.6) is 0 Å². The zero-order valence-electron chi connectivity index (χ0n) is 12.4. The van der Waals surface area contributed by atoms with Gasteiger partial charge >= 0.3 is 0 Å². The van der Waals surface area contributed by atoms with Crippen molar-refractivity contribution in [3.8, 4) is 0 Å². The quantitative estimate of drug-likeness (QED) is 0.840. The van der Waals surface area contributed by atoms with Gasteiger partial charge < -0.3 is 5.32 Å². The Morgan fingerprint density at radius 1 is 1.38 bits per heavy atom. The van der Waals surface area contributed by atoms with Crippen molar-refractivity contribution in [2.24, 2.45) is 11.1 Å². The van der Waals surface area contributed by atoms with Crippen molar-refractivity contribution in [1.29, 1.82) is 0 Å². The Kier molecular flexibility index (Phi) is 4.68. The maximum Gasteiger partial charge on any atom is 0.251 e. The Balaban J connectivity index is 2.19. The van der Waals surface area contributed by atoms with Crippen LogP contribution < -0.4 is 10.5 Å². The minimum atomic E-state index is -3.80. The van der Waals surface area contributed by atoms with E-state index >= 15 is 0 Å². The minimum Gasteiger partial charge on any atom is -0.349 e. The SMILES string of the molecule is CCCC1CC1NC(=O)c1cc(S(N)(=O)=O)ccc1CC. The second-order valence-corrected chi connectivity index (χ2v) is 7.14. The molecule has 1 amide bonds. The van der Waals surface area contributed by atoms with Crippen LogP contribution in [0, 0.1) is 5.92 Å². The minimum absolute atomic E-state index is 0.0224. The molecule has 0 heterocycles. The monoisotopic (exact) mass is 310 g/mol. The van der Waals surface area contributed by atoms with Crippen molar-refractivity contribution in [1.82, 2.24) is 5.32 Å². The van der Waals surface area contributed by atoms with Gasteiger partial charge in [0.05, 0.1) is 4.90 Å². The number of carbonyl (C=O) groups excluding carboxylic acids is 1. The summed E-state index contributed by atoms with van der Waals surface area (Å²) in [6.45, 7) is 4.06. The number of amides is 1. The predicted molar refractivity (Wildman–Crippen MR) is 81.5 cm³/mol. The van der Waals surface area contributed by atoms with Gasteiger partial charge in [-0.3, -0.25) is 4.79 Å². The van der Waals surface area contributed by atoms with Gasteiger partial charge in [0.1, 0.15) is 0 Å². The van der Waals surface area contributed by atoms with Crippen LogP contribution in [0.25, 0.3) is 0 Å². The first-order valence-electron chi connectivity index (χ1n) is 7.33. The fourth-order valence-corrected chi connectivity index (χ4v) is 3.15. The lowest BCUT2D eigenvalue weighted by Gasteiger charge is -2.10. The molecular weight excluding hydrogens is 288 g/mol. The number of carbonyl (C=O) groups is 1. The number of aryl methyl sites for hydroxylation is 1. The molecular formula is C15H22N2O3S. The summed E-state index contributed by atoms with van der Waals surface area (Å²) in [7, 11) is -3.80. The number of benzene rings is 1. The fraction of sp³-hybridized carbons (Fsp3) is 0.533. The van der Waals surface area contributed by atoms with E-state index in [1.165, 1.54) is 12.1 Å². The third-order valence-electron chi connectivity index (χ3n) is 3.93. The normalized spacial score (nSPS) is 21.1. The third-order valence-corrected chi connectivity index (χ3v) is 4.84. The van der Waals surface area contributed by atoms with Gasteiger partial charge in [0.25, 0.3) is 5.91 Å². The Labute approximate surface area is 126 Å². The van der Waals surface area contributed by atoms with E-state index in [1.807, 2.05) is 6.92 Å². The molecule has 3 N–H and O–H groups in total. The van der Waals surface area contributed by atoms with E-state index in [0.29, 0.717) is 17.9 Å². The summed E-state index contributed by atoms with van der Waals surface area (Å²) in [4.78, 5) is 12.3. The lowest BCUT2D eigenvalue weighted by molar-refractivity contribution is 0.0947. The van der Waals surface area contributed by atoms with Gasteiger partial charge in [0, 0.05) is 11.6 Å². The van der Waals surface area contributed by atoms with Crippen LogP contribution in [0.15, 0.2) is 23.1 Å². The maximum atomic E-state index is 12.4. The van der Waals surface area contributed by atoms with Gasteiger partial charge in [-0.1, -0.05) is 26.3 Å². The summed E-state index contributed by atoms with van der Waals surface area (Å²) >= 11 is 0. The maximum absolute atomic E-state index is 12.4. The van der Waals surface area contributed by atoms with E-state index in [9.17, 15) is 13.2 Å². The average Bonchev–Trinajstić information content (AvgIpc) is 3.15. The van der Waals surface area contributed by atoms with Crippen molar-refractivity contribution in [3.05, 3.63) is 29.3 Å². The Morgan fingerprint density at radius 2 is 2.10 bits per heavy atom. The molecule has 5 nitrogen and oxygen atoms in total. The molecule has 1 aliphatic rings. The molecule has 1 fully saturated rings.